The zero-order valence-corrected chi connectivity index (χ0v) is 14.0. The summed E-state index contributed by atoms with van der Waals surface area (Å²) < 4.78 is 6.14. The number of rotatable bonds is 6. The highest BCUT2D eigenvalue weighted by Crippen LogP contribution is 2.23. The lowest BCUT2D eigenvalue weighted by molar-refractivity contribution is 0.107. The second-order valence-corrected chi connectivity index (χ2v) is 9.00. The van der Waals surface area contributed by atoms with E-state index >= 15 is 0 Å². The van der Waals surface area contributed by atoms with Gasteiger partial charge in [-0.1, -0.05) is 43.7 Å². The van der Waals surface area contributed by atoms with Crippen LogP contribution in [0.2, 0.25) is 0 Å². The van der Waals surface area contributed by atoms with Crippen molar-refractivity contribution in [1.29, 1.82) is 0 Å². The van der Waals surface area contributed by atoms with E-state index in [9.17, 15) is 0 Å². The van der Waals surface area contributed by atoms with Crippen molar-refractivity contribution in [2.45, 2.75) is 59.1 Å². The largest absolute Gasteiger partial charge is 0.497 e. The zero-order valence-electron chi connectivity index (χ0n) is 12.6. The lowest BCUT2D eigenvalue weighted by Gasteiger charge is -2.29. The molecule has 0 fully saturated rings. The summed E-state index contributed by atoms with van der Waals surface area (Å²) in [6, 6.07) is 0. The van der Waals surface area contributed by atoms with E-state index < -0.39 is 0 Å². The van der Waals surface area contributed by atoms with Crippen LogP contribution in [0.4, 0.5) is 0 Å². The molecule has 0 aromatic rings. The highest BCUT2D eigenvalue weighted by molar-refractivity contribution is 6.48. The predicted octanol–water partition coefficient (Wildman–Crippen LogP) is 4.09. The van der Waals surface area contributed by atoms with E-state index in [1.807, 2.05) is 0 Å². The standard InChI is InChI=1S/C16H28OSi/c1-6-7-10-14(3)17-16(4,5)18-15-11-8-9-13(2)12-15/h8-11,13H,6-7,12,18H2,1-5H3/b14-10+. The third-order valence-corrected chi connectivity index (χ3v) is 5.14. The fourth-order valence-electron chi connectivity index (χ4n) is 2.47. The summed E-state index contributed by atoms with van der Waals surface area (Å²) in [7, 11) is -0.358. The summed E-state index contributed by atoms with van der Waals surface area (Å²) in [6.07, 6.45) is 12.6. The predicted molar refractivity (Wildman–Crippen MR) is 83.4 cm³/mol. The van der Waals surface area contributed by atoms with Gasteiger partial charge in [0.05, 0.1) is 11.0 Å². The average molecular weight is 264 g/mol. The topological polar surface area (TPSA) is 9.23 Å². The smallest absolute Gasteiger partial charge is 0.101 e. The number of allylic oxidation sites excluding steroid dienone is 6. The fourth-order valence-corrected chi connectivity index (χ4v) is 4.72. The average Bonchev–Trinajstić information content (AvgIpc) is 2.24. The number of ether oxygens (including phenoxy) is 1. The first kappa shape index (κ1) is 15.3. The summed E-state index contributed by atoms with van der Waals surface area (Å²) in [5, 5.41) is 1.67. The van der Waals surface area contributed by atoms with Gasteiger partial charge in [0.15, 0.2) is 0 Å². The minimum atomic E-state index is -0.358. The highest BCUT2D eigenvalue weighted by atomic mass is 28.2. The minimum absolute atomic E-state index is 0.0328. The van der Waals surface area contributed by atoms with Crippen LogP contribution >= 0.6 is 0 Å². The van der Waals surface area contributed by atoms with Crippen molar-refractivity contribution >= 4 is 9.52 Å². The molecule has 0 bridgehead atoms. The van der Waals surface area contributed by atoms with E-state index in [-0.39, 0.29) is 14.7 Å². The third kappa shape index (κ3) is 5.72. The second kappa shape index (κ2) is 6.98. The SMILES string of the molecule is CCC/C=C(\C)OC(C)(C)[SiH2]C1=CC=CC(C)C1. The Hall–Kier alpha value is -0.763. The maximum absolute atomic E-state index is 6.14. The molecule has 0 amide bonds. The molecule has 0 heterocycles. The lowest BCUT2D eigenvalue weighted by atomic mass is 10.0. The third-order valence-electron chi connectivity index (χ3n) is 3.17. The molecule has 0 spiro atoms. The van der Waals surface area contributed by atoms with Crippen LogP contribution in [0.5, 0.6) is 0 Å². The molecule has 1 rings (SSSR count). The van der Waals surface area contributed by atoms with Crippen LogP contribution in [0.3, 0.4) is 0 Å². The highest BCUT2D eigenvalue weighted by Gasteiger charge is 2.23. The van der Waals surface area contributed by atoms with Crippen LogP contribution in [0.1, 0.15) is 53.9 Å². The maximum Gasteiger partial charge on any atom is 0.101 e. The Morgan fingerprint density at radius 2 is 2.28 bits per heavy atom. The molecular formula is C16H28OSi. The summed E-state index contributed by atoms with van der Waals surface area (Å²) in [5.41, 5.74) is 0. The molecule has 2 heteroatoms. The van der Waals surface area contributed by atoms with E-state index in [1.165, 1.54) is 12.8 Å². The van der Waals surface area contributed by atoms with Gasteiger partial charge in [-0.15, -0.1) is 0 Å². The van der Waals surface area contributed by atoms with Crippen molar-refractivity contribution in [3.63, 3.8) is 0 Å². The number of unbranched alkanes of at least 4 members (excludes halogenated alkanes) is 1. The van der Waals surface area contributed by atoms with Crippen molar-refractivity contribution in [3.05, 3.63) is 35.3 Å². The van der Waals surface area contributed by atoms with Crippen molar-refractivity contribution in [2.24, 2.45) is 5.92 Å². The van der Waals surface area contributed by atoms with Gasteiger partial charge in [0, 0.05) is 0 Å². The molecule has 0 radical (unpaired) electrons. The van der Waals surface area contributed by atoms with Gasteiger partial charge in [0.25, 0.3) is 0 Å². The molecule has 0 saturated heterocycles. The molecule has 18 heavy (non-hydrogen) atoms. The van der Waals surface area contributed by atoms with Gasteiger partial charge < -0.3 is 4.74 Å². The van der Waals surface area contributed by atoms with Crippen molar-refractivity contribution in [1.82, 2.24) is 0 Å². The molecule has 1 nitrogen and oxygen atoms in total. The first-order valence-corrected chi connectivity index (χ1v) is 8.56. The minimum Gasteiger partial charge on any atom is -0.497 e. The van der Waals surface area contributed by atoms with Gasteiger partial charge in [-0.05, 0) is 45.6 Å². The molecule has 102 valence electrons. The summed E-state index contributed by atoms with van der Waals surface area (Å²) in [5.74, 6) is 1.79. The molecule has 0 aromatic heterocycles. The van der Waals surface area contributed by atoms with Crippen LogP contribution < -0.4 is 0 Å². The monoisotopic (exact) mass is 264 g/mol. The molecule has 0 aliphatic heterocycles. The normalized spacial score (nSPS) is 21.5. The summed E-state index contributed by atoms with van der Waals surface area (Å²) in [4.78, 5) is 0. The Kier molecular flexibility index (Phi) is 5.93. The Labute approximate surface area is 115 Å². The molecule has 0 saturated carbocycles. The molecule has 1 atom stereocenters. The molecule has 0 N–H and O–H groups in total. The van der Waals surface area contributed by atoms with Crippen molar-refractivity contribution in [2.75, 3.05) is 0 Å². The Morgan fingerprint density at radius 3 is 2.89 bits per heavy atom. The van der Waals surface area contributed by atoms with Crippen LogP contribution in [-0.4, -0.2) is 14.7 Å². The lowest BCUT2D eigenvalue weighted by Crippen LogP contribution is -2.33. The van der Waals surface area contributed by atoms with Gasteiger partial charge in [0.2, 0.25) is 0 Å². The van der Waals surface area contributed by atoms with E-state index in [4.69, 9.17) is 4.74 Å². The van der Waals surface area contributed by atoms with Gasteiger partial charge in [0.1, 0.15) is 9.52 Å². The molecule has 1 unspecified atom stereocenters. The Morgan fingerprint density at radius 1 is 1.56 bits per heavy atom. The van der Waals surface area contributed by atoms with Crippen LogP contribution in [-0.2, 0) is 4.74 Å². The summed E-state index contributed by atoms with van der Waals surface area (Å²) in [6.45, 7) is 11.1. The molecule has 1 aliphatic rings. The first-order valence-electron chi connectivity index (χ1n) is 7.15. The van der Waals surface area contributed by atoms with Gasteiger partial charge in [-0.25, -0.2) is 0 Å². The Bertz CT molecular complexity index is 350. The maximum atomic E-state index is 6.14. The fraction of sp³-hybridized carbons (Fsp3) is 0.625. The molecular weight excluding hydrogens is 236 g/mol. The van der Waals surface area contributed by atoms with E-state index in [1.54, 1.807) is 5.20 Å². The van der Waals surface area contributed by atoms with Crippen LogP contribution in [0.15, 0.2) is 35.3 Å². The quantitative estimate of drug-likeness (QED) is 0.518. The van der Waals surface area contributed by atoms with E-state index in [0.717, 1.165) is 12.2 Å². The van der Waals surface area contributed by atoms with E-state index in [2.05, 4.69) is 58.9 Å². The van der Waals surface area contributed by atoms with E-state index in [0.29, 0.717) is 5.92 Å². The van der Waals surface area contributed by atoms with Crippen molar-refractivity contribution in [3.8, 4) is 0 Å². The summed E-state index contributed by atoms with van der Waals surface area (Å²) >= 11 is 0. The number of hydrogen-bond acceptors (Lipinski definition) is 1. The van der Waals surface area contributed by atoms with Crippen LogP contribution in [0, 0.1) is 5.92 Å². The van der Waals surface area contributed by atoms with Crippen molar-refractivity contribution < 1.29 is 4.74 Å². The van der Waals surface area contributed by atoms with Gasteiger partial charge in [-0.3, -0.25) is 0 Å². The Balaban J connectivity index is 2.54. The first-order chi connectivity index (χ1) is 8.43. The van der Waals surface area contributed by atoms with Gasteiger partial charge in [-0.2, -0.15) is 0 Å². The van der Waals surface area contributed by atoms with Gasteiger partial charge >= 0.3 is 0 Å². The zero-order chi connectivity index (χ0) is 13.6. The number of hydrogen-bond donors (Lipinski definition) is 0. The second-order valence-electron chi connectivity index (χ2n) is 6.03. The molecule has 1 aliphatic carbocycles. The van der Waals surface area contributed by atoms with Crippen LogP contribution in [0.25, 0.3) is 0 Å². The molecule has 0 aromatic carbocycles.